The minimum atomic E-state index is -0.910. The fourth-order valence-electron chi connectivity index (χ4n) is 5.25. The highest BCUT2D eigenvalue weighted by Crippen LogP contribution is 2.45. The van der Waals surface area contributed by atoms with Crippen molar-refractivity contribution in [1.82, 2.24) is 10.2 Å². The van der Waals surface area contributed by atoms with Crippen molar-refractivity contribution in [2.75, 3.05) is 4.90 Å². The molecule has 2 atom stereocenters. The molecule has 1 aromatic heterocycles. The zero-order valence-corrected chi connectivity index (χ0v) is 24.8. The molecule has 42 heavy (non-hydrogen) atoms. The maximum absolute atomic E-state index is 14.1. The van der Waals surface area contributed by atoms with Crippen LogP contribution in [0.3, 0.4) is 0 Å². The molecule has 2 aliphatic heterocycles. The van der Waals surface area contributed by atoms with E-state index in [9.17, 15) is 19.1 Å². The number of aliphatic hydroxyl groups is 1. The quantitative estimate of drug-likeness (QED) is 0.0798. The van der Waals surface area contributed by atoms with Crippen molar-refractivity contribution in [2.45, 2.75) is 55.3 Å². The average Bonchev–Trinajstić information content (AvgIpc) is 3.67. The van der Waals surface area contributed by atoms with Crippen molar-refractivity contribution in [3.05, 3.63) is 106 Å². The van der Waals surface area contributed by atoms with Crippen LogP contribution in [0.25, 0.3) is 5.76 Å². The van der Waals surface area contributed by atoms with Crippen molar-refractivity contribution >= 4 is 45.7 Å². The molecule has 2 aliphatic rings. The minimum Gasteiger partial charge on any atom is -0.507 e. The second-order valence-corrected chi connectivity index (χ2v) is 12.9. The summed E-state index contributed by atoms with van der Waals surface area (Å²) in [5.41, 5.74) is 3.64. The third kappa shape index (κ3) is 5.20. The summed E-state index contributed by atoms with van der Waals surface area (Å²) in [7, 11) is 0. The highest BCUT2D eigenvalue weighted by atomic mass is 32.2. The molecule has 3 aromatic carbocycles. The topological polar surface area (TPSA) is 92.6 Å². The number of thioether (sulfide) groups is 1. The van der Waals surface area contributed by atoms with E-state index in [1.165, 1.54) is 22.7 Å². The molecule has 0 aliphatic carbocycles. The van der Waals surface area contributed by atoms with Crippen LogP contribution >= 0.6 is 23.1 Å². The van der Waals surface area contributed by atoms with E-state index in [-0.39, 0.29) is 28.4 Å². The minimum absolute atomic E-state index is 0.0139. The van der Waals surface area contributed by atoms with E-state index >= 15 is 0 Å². The molecular weight excluding hydrogens is 574 g/mol. The Bertz CT molecular complexity index is 1720. The first-order valence-electron chi connectivity index (χ1n) is 13.6. The lowest BCUT2D eigenvalue weighted by Gasteiger charge is -2.23. The molecule has 3 heterocycles. The van der Waals surface area contributed by atoms with Gasteiger partial charge in [-0.25, -0.2) is 4.39 Å². The Balaban J connectivity index is 1.40. The number of carbonyl (C=O) groups excluding carboxylic acids is 2. The van der Waals surface area contributed by atoms with E-state index in [1.54, 1.807) is 30.3 Å². The maximum atomic E-state index is 14.1. The number of aliphatic hydroxyl groups excluding tert-OH is 1. The molecule has 0 spiro atoms. The van der Waals surface area contributed by atoms with E-state index < -0.39 is 17.7 Å². The number of rotatable bonds is 7. The average molecular weight is 602 g/mol. The van der Waals surface area contributed by atoms with Crippen LogP contribution < -0.4 is 9.64 Å². The van der Waals surface area contributed by atoms with Gasteiger partial charge in [-0.1, -0.05) is 79.4 Å². The first kappa shape index (κ1) is 28.1. The van der Waals surface area contributed by atoms with Crippen molar-refractivity contribution < 1.29 is 23.8 Å². The lowest BCUT2D eigenvalue weighted by atomic mass is 9.93. The summed E-state index contributed by atoms with van der Waals surface area (Å²) in [6, 6.07) is 18.6. The van der Waals surface area contributed by atoms with Crippen LogP contribution in [0.5, 0.6) is 5.75 Å². The number of fused-ring (bicyclic) bond motifs is 1. The SMILES string of the molecule is CC(C)c1ccc([C@H]2/C(=C(\O)c3ccc4c(c3)C[C@H](C)O4)C(=O)C(=O)N2c2nnc(SCc3ccccc3F)s2)cc1. The number of ether oxygens (including phenoxy) is 1. The Labute approximate surface area is 251 Å². The monoisotopic (exact) mass is 601 g/mol. The molecule has 10 heteroatoms. The predicted molar refractivity (Wildman–Crippen MR) is 161 cm³/mol. The van der Waals surface area contributed by atoms with Gasteiger partial charge in [-0.2, -0.15) is 0 Å². The lowest BCUT2D eigenvalue weighted by Crippen LogP contribution is -2.29. The van der Waals surface area contributed by atoms with Crippen molar-refractivity contribution in [3.8, 4) is 5.75 Å². The maximum Gasteiger partial charge on any atom is 0.301 e. The fraction of sp³-hybridized carbons (Fsp3) is 0.250. The highest BCUT2D eigenvalue weighted by molar-refractivity contribution is 8.00. The lowest BCUT2D eigenvalue weighted by molar-refractivity contribution is -0.132. The summed E-state index contributed by atoms with van der Waals surface area (Å²) in [5.74, 6) is -0.789. The molecule has 214 valence electrons. The van der Waals surface area contributed by atoms with E-state index in [1.807, 2.05) is 37.3 Å². The van der Waals surface area contributed by atoms with Crippen LogP contribution in [0, 0.1) is 5.82 Å². The Morgan fingerprint density at radius 3 is 2.62 bits per heavy atom. The Morgan fingerprint density at radius 2 is 1.88 bits per heavy atom. The number of nitrogens with zero attached hydrogens (tertiary/aromatic N) is 3. The van der Waals surface area contributed by atoms with Gasteiger partial charge in [-0.3, -0.25) is 14.5 Å². The Morgan fingerprint density at radius 1 is 1.12 bits per heavy atom. The van der Waals surface area contributed by atoms with E-state index in [0.29, 0.717) is 39.1 Å². The number of ketones is 1. The summed E-state index contributed by atoms with van der Waals surface area (Å²) in [4.78, 5) is 28.5. The summed E-state index contributed by atoms with van der Waals surface area (Å²) in [6.45, 7) is 6.14. The molecule has 0 radical (unpaired) electrons. The molecule has 1 fully saturated rings. The van der Waals surface area contributed by atoms with Crippen LogP contribution in [0.4, 0.5) is 9.52 Å². The normalized spacial score (nSPS) is 19.4. The van der Waals surface area contributed by atoms with Gasteiger partial charge in [0.2, 0.25) is 5.13 Å². The van der Waals surface area contributed by atoms with E-state index in [0.717, 1.165) is 28.2 Å². The van der Waals surface area contributed by atoms with Crippen molar-refractivity contribution in [3.63, 3.8) is 0 Å². The smallest absolute Gasteiger partial charge is 0.301 e. The predicted octanol–water partition coefficient (Wildman–Crippen LogP) is 7.04. The van der Waals surface area contributed by atoms with Gasteiger partial charge in [0.25, 0.3) is 5.78 Å². The summed E-state index contributed by atoms with van der Waals surface area (Å²) in [5, 5.41) is 20.2. The first-order valence-corrected chi connectivity index (χ1v) is 15.4. The molecular formula is C32H28FN3O4S2. The van der Waals surface area contributed by atoms with E-state index in [2.05, 4.69) is 24.0 Å². The zero-order chi connectivity index (χ0) is 29.5. The first-order chi connectivity index (χ1) is 20.2. The van der Waals surface area contributed by atoms with Gasteiger partial charge < -0.3 is 9.84 Å². The van der Waals surface area contributed by atoms with Crippen LogP contribution in [-0.2, 0) is 21.8 Å². The van der Waals surface area contributed by atoms with E-state index in [4.69, 9.17) is 4.74 Å². The van der Waals surface area contributed by atoms with Gasteiger partial charge in [-0.15, -0.1) is 10.2 Å². The van der Waals surface area contributed by atoms with Gasteiger partial charge in [-0.05, 0) is 59.4 Å². The third-order valence-corrected chi connectivity index (χ3v) is 9.55. The number of halogens is 1. The number of anilines is 1. The number of aromatic nitrogens is 2. The second kappa shape index (κ2) is 11.3. The van der Waals surface area contributed by atoms with Gasteiger partial charge in [0.05, 0.1) is 11.6 Å². The molecule has 1 amide bonds. The third-order valence-electron chi connectivity index (χ3n) is 7.44. The summed E-state index contributed by atoms with van der Waals surface area (Å²) in [6.07, 6.45) is 0.702. The summed E-state index contributed by atoms with van der Waals surface area (Å²) >= 11 is 2.44. The van der Waals surface area contributed by atoms with Crippen molar-refractivity contribution in [1.29, 1.82) is 0 Å². The molecule has 0 unspecified atom stereocenters. The molecule has 6 rings (SSSR count). The van der Waals surface area contributed by atoms with Gasteiger partial charge >= 0.3 is 5.91 Å². The molecule has 0 bridgehead atoms. The zero-order valence-electron chi connectivity index (χ0n) is 23.2. The number of hydrogen-bond donors (Lipinski definition) is 1. The molecule has 0 saturated carbocycles. The van der Waals surface area contributed by atoms with Crippen LogP contribution in [0.1, 0.15) is 60.5 Å². The van der Waals surface area contributed by atoms with Crippen molar-refractivity contribution in [2.24, 2.45) is 0 Å². The molecule has 1 N–H and O–H groups in total. The largest absolute Gasteiger partial charge is 0.507 e. The molecule has 1 saturated heterocycles. The van der Waals surface area contributed by atoms with Gasteiger partial charge in [0.1, 0.15) is 23.4 Å². The fourth-order valence-corrected chi connectivity index (χ4v) is 7.10. The molecule has 7 nitrogen and oxygen atoms in total. The van der Waals surface area contributed by atoms with Gasteiger partial charge in [0, 0.05) is 17.7 Å². The second-order valence-electron chi connectivity index (χ2n) is 10.7. The standard InChI is InChI=1S/C32H28FN3O4S2/c1-17(2)19-8-10-20(11-9-19)27-26(28(37)21-12-13-25-23(15-21)14-18(3)40-25)29(38)30(39)36(27)31-34-35-32(42-31)41-16-22-6-4-5-7-24(22)33/h4-13,15,17-18,27,37H,14,16H2,1-3H3/b28-26+/t18-,27-/m0/s1. The molecule has 4 aromatic rings. The number of carbonyl (C=O) groups is 2. The number of benzene rings is 3. The number of hydrogen-bond acceptors (Lipinski definition) is 8. The Kier molecular flexibility index (Phi) is 7.59. The summed E-state index contributed by atoms with van der Waals surface area (Å²) < 4.78 is 20.5. The van der Waals surface area contributed by atoms with Crippen LogP contribution in [0.15, 0.2) is 76.6 Å². The number of Topliss-reactive ketones (excluding diaryl/α,β-unsaturated/α-hetero) is 1. The van der Waals surface area contributed by atoms with Crippen LogP contribution in [0.2, 0.25) is 0 Å². The number of amides is 1. The highest BCUT2D eigenvalue weighted by Gasteiger charge is 2.48. The Hall–Kier alpha value is -4.02. The van der Waals surface area contributed by atoms with Crippen LogP contribution in [-0.4, -0.2) is 33.1 Å². The van der Waals surface area contributed by atoms with Gasteiger partial charge in [0.15, 0.2) is 4.34 Å².